The number of nitrogens with one attached hydrogen (secondary N) is 1. The van der Waals surface area contributed by atoms with E-state index in [1.165, 1.54) is 6.20 Å². The lowest BCUT2D eigenvalue weighted by Crippen LogP contribution is -2.45. The Hall–Kier alpha value is -2.70. The molecule has 4 heterocycles. The molecule has 0 spiro atoms. The summed E-state index contributed by atoms with van der Waals surface area (Å²) in [5.74, 6) is -1.96. The number of aliphatic hydroxyl groups is 1. The van der Waals surface area contributed by atoms with Crippen LogP contribution in [0.25, 0.3) is 10.9 Å². The molecular formula is C22H27FN4O6S. The number of aromatic nitrogens is 1. The van der Waals surface area contributed by atoms with Crippen LogP contribution in [0.4, 0.5) is 10.1 Å². The minimum Gasteiger partial charge on any atom is -0.487 e. The van der Waals surface area contributed by atoms with Crippen molar-refractivity contribution in [1.29, 1.82) is 0 Å². The van der Waals surface area contributed by atoms with E-state index in [-0.39, 0.29) is 23.6 Å². The Bertz CT molecular complexity index is 1340. The summed E-state index contributed by atoms with van der Waals surface area (Å²) in [7, 11) is -1.48. The van der Waals surface area contributed by atoms with Gasteiger partial charge in [-0.05, 0) is 20.0 Å². The summed E-state index contributed by atoms with van der Waals surface area (Å²) in [4.78, 5) is 30.3. The summed E-state index contributed by atoms with van der Waals surface area (Å²) in [6, 6.07) is -0.0923. The molecule has 0 aliphatic carbocycles. The van der Waals surface area contributed by atoms with Crippen LogP contribution in [0.2, 0.25) is 0 Å². The van der Waals surface area contributed by atoms with Crippen molar-refractivity contribution in [3.05, 3.63) is 33.9 Å². The maximum Gasteiger partial charge on any atom is 0.257 e. The second-order valence-electron chi connectivity index (χ2n) is 9.39. The average Bonchev–Trinajstić information content (AvgIpc) is 3.03. The number of rotatable bonds is 3. The number of likely N-dealkylation sites (N-methyl/N-ethyl adjacent to an activating group) is 1. The highest BCUT2D eigenvalue weighted by atomic mass is 32.2. The number of nitrogens with zero attached hydrogens (tertiary/aromatic N) is 3. The molecule has 10 nitrogen and oxygen atoms in total. The number of carbonyl (C=O) groups excluding carboxylic acids is 1. The lowest BCUT2D eigenvalue weighted by atomic mass is 10.0. The fourth-order valence-corrected chi connectivity index (χ4v) is 6.65. The fraction of sp³-hybridized carbons (Fsp3) is 0.545. The topological polar surface area (TPSA) is 121 Å². The first-order valence-electron chi connectivity index (χ1n) is 11.2. The fourth-order valence-electron chi connectivity index (χ4n) is 4.91. The number of hydrogen-bond acceptors (Lipinski definition) is 8. The van der Waals surface area contributed by atoms with Gasteiger partial charge in [0.15, 0.2) is 21.4 Å². The summed E-state index contributed by atoms with van der Waals surface area (Å²) in [6.07, 6.45) is 0.163. The molecule has 2 aromatic rings. The average molecular weight is 495 g/mol. The molecule has 0 saturated carbocycles. The molecule has 1 aromatic carbocycles. The monoisotopic (exact) mass is 494 g/mol. The number of anilines is 1. The third kappa shape index (κ3) is 3.83. The lowest BCUT2D eigenvalue weighted by Gasteiger charge is -2.37. The van der Waals surface area contributed by atoms with Crippen LogP contribution < -0.4 is 20.4 Å². The Morgan fingerprint density at radius 1 is 1.24 bits per heavy atom. The molecule has 3 atom stereocenters. The number of benzene rings is 1. The molecule has 5 rings (SSSR count). The van der Waals surface area contributed by atoms with Crippen LogP contribution in [0.3, 0.4) is 0 Å². The van der Waals surface area contributed by atoms with Gasteiger partial charge in [0.25, 0.3) is 5.91 Å². The van der Waals surface area contributed by atoms with Crippen LogP contribution in [-0.2, 0) is 9.84 Å². The van der Waals surface area contributed by atoms with E-state index in [1.807, 2.05) is 18.9 Å². The number of hydrogen-bond donors (Lipinski definition) is 2. The van der Waals surface area contributed by atoms with Crippen molar-refractivity contribution in [1.82, 2.24) is 14.8 Å². The normalized spacial score (nSPS) is 26.5. The molecule has 3 aliphatic heterocycles. The van der Waals surface area contributed by atoms with Crippen LogP contribution >= 0.6 is 0 Å². The van der Waals surface area contributed by atoms with E-state index in [2.05, 4.69) is 10.2 Å². The van der Waals surface area contributed by atoms with Crippen molar-refractivity contribution >= 4 is 32.3 Å². The zero-order chi connectivity index (χ0) is 24.4. The standard InChI is InChI=1S/C22H27FN4O6S/c1-12-9-33-21-18-13(7-15(23)19(21)26-5-3-25(2)4-6-26)20(29)14(8-27(12)18)22(30)24-16-10-34(31,32)11-17(16)28/h7-8,12,16-17,28H,3-6,9-11H2,1-2H3,(H,24,30). The molecular weight excluding hydrogens is 467 g/mol. The minimum atomic E-state index is -3.48. The van der Waals surface area contributed by atoms with E-state index in [4.69, 9.17) is 4.74 Å². The number of sulfone groups is 1. The molecule has 12 heteroatoms. The Kier molecular flexibility index (Phi) is 5.57. The van der Waals surface area contributed by atoms with E-state index >= 15 is 4.39 Å². The third-order valence-electron chi connectivity index (χ3n) is 6.85. The summed E-state index contributed by atoms with van der Waals surface area (Å²) in [5, 5.41) is 12.5. The number of aliphatic hydroxyl groups excluding tert-OH is 1. The number of pyridine rings is 1. The van der Waals surface area contributed by atoms with Gasteiger partial charge in [0.1, 0.15) is 17.9 Å². The predicted molar refractivity (Wildman–Crippen MR) is 124 cm³/mol. The van der Waals surface area contributed by atoms with Crippen molar-refractivity contribution in [2.24, 2.45) is 0 Å². The molecule has 2 fully saturated rings. The Morgan fingerprint density at radius 3 is 2.59 bits per heavy atom. The zero-order valence-corrected chi connectivity index (χ0v) is 19.8. The van der Waals surface area contributed by atoms with Gasteiger partial charge in [-0.3, -0.25) is 9.59 Å². The highest BCUT2D eigenvalue weighted by Crippen LogP contribution is 2.42. The van der Waals surface area contributed by atoms with Gasteiger partial charge in [-0.1, -0.05) is 0 Å². The molecule has 2 N–H and O–H groups in total. The number of ether oxygens (including phenoxy) is 1. The molecule has 2 saturated heterocycles. The van der Waals surface area contributed by atoms with E-state index in [1.54, 1.807) is 4.57 Å². The van der Waals surface area contributed by atoms with Crippen molar-refractivity contribution in [3.8, 4) is 5.75 Å². The second-order valence-corrected chi connectivity index (χ2v) is 11.5. The first-order valence-corrected chi connectivity index (χ1v) is 13.0. The Balaban J connectivity index is 1.59. The van der Waals surface area contributed by atoms with Gasteiger partial charge in [-0.25, -0.2) is 12.8 Å². The first-order chi connectivity index (χ1) is 16.1. The van der Waals surface area contributed by atoms with Gasteiger partial charge >= 0.3 is 0 Å². The van der Waals surface area contributed by atoms with Crippen LogP contribution in [0.15, 0.2) is 17.1 Å². The highest BCUT2D eigenvalue weighted by Gasteiger charge is 2.38. The molecule has 34 heavy (non-hydrogen) atoms. The van der Waals surface area contributed by atoms with Gasteiger partial charge in [0, 0.05) is 32.4 Å². The van der Waals surface area contributed by atoms with Crippen molar-refractivity contribution < 1.29 is 27.4 Å². The maximum absolute atomic E-state index is 15.4. The molecule has 3 unspecified atom stereocenters. The zero-order valence-electron chi connectivity index (χ0n) is 19.0. The Labute approximate surface area is 195 Å². The van der Waals surface area contributed by atoms with Gasteiger partial charge < -0.3 is 29.5 Å². The van der Waals surface area contributed by atoms with Gasteiger partial charge in [-0.15, -0.1) is 0 Å². The Morgan fingerprint density at radius 2 is 1.94 bits per heavy atom. The van der Waals surface area contributed by atoms with Crippen molar-refractivity contribution in [3.63, 3.8) is 0 Å². The lowest BCUT2D eigenvalue weighted by molar-refractivity contribution is 0.0886. The summed E-state index contributed by atoms with van der Waals surface area (Å²) in [6.45, 7) is 4.85. The molecule has 0 radical (unpaired) electrons. The molecule has 1 aromatic heterocycles. The number of halogens is 1. The quantitative estimate of drug-likeness (QED) is 0.599. The number of amides is 1. The van der Waals surface area contributed by atoms with Crippen LogP contribution in [-0.4, -0.2) is 92.4 Å². The highest BCUT2D eigenvalue weighted by molar-refractivity contribution is 7.91. The molecule has 0 bridgehead atoms. The maximum atomic E-state index is 15.4. The SMILES string of the molecule is CC1COc2c(N3CCN(C)CC3)c(F)cc3c(=O)c(C(=O)NC4CS(=O)(=O)CC4O)cn1c23. The van der Waals surface area contributed by atoms with Crippen LogP contribution in [0, 0.1) is 5.82 Å². The predicted octanol–water partition coefficient (Wildman–Crippen LogP) is -0.266. The van der Waals surface area contributed by atoms with E-state index in [9.17, 15) is 23.1 Å². The van der Waals surface area contributed by atoms with E-state index in [0.717, 1.165) is 19.2 Å². The summed E-state index contributed by atoms with van der Waals surface area (Å²) in [5.41, 5.74) is -0.173. The number of piperazine rings is 1. The van der Waals surface area contributed by atoms with E-state index in [0.29, 0.717) is 30.0 Å². The number of carbonyl (C=O) groups is 1. The third-order valence-corrected chi connectivity index (χ3v) is 8.56. The van der Waals surface area contributed by atoms with Gasteiger partial charge in [0.2, 0.25) is 5.43 Å². The van der Waals surface area contributed by atoms with Crippen molar-refractivity contribution in [2.45, 2.75) is 25.1 Å². The van der Waals surface area contributed by atoms with Crippen LogP contribution in [0.5, 0.6) is 5.75 Å². The molecule has 1 amide bonds. The molecule has 3 aliphatic rings. The first kappa shape index (κ1) is 23.1. The smallest absolute Gasteiger partial charge is 0.257 e. The molecule has 184 valence electrons. The second kappa shape index (κ2) is 8.21. The van der Waals surface area contributed by atoms with Crippen LogP contribution in [0.1, 0.15) is 23.3 Å². The summed E-state index contributed by atoms with van der Waals surface area (Å²) >= 11 is 0. The van der Waals surface area contributed by atoms with E-state index < -0.39 is 50.6 Å². The largest absolute Gasteiger partial charge is 0.487 e. The van der Waals surface area contributed by atoms with Crippen molar-refractivity contribution in [2.75, 3.05) is 56.2 Å². The minimum absolute atomic E-state index is 0.0177. The van der Waals surface area contributed by atoms with Gasteiger partial charge in [0.05, 0.1) is 40.6 Å². The summed E-state index contributed by atoms with van der Waals surface area (Å²) < 4.78 is 46.6. The van der Waals surface area contributed by atoms with Gasteiger partial charge in [-0.2, -0.15) is 0 Å².